The van der Waals surface area contributed by atoms with Crippen LogP contribution in [0.5, 0.6) is 11.5 Å². The second-order valence-electron chi connectivity index (χ2n) is 4.66. The number of hydrogen-bond donors (Lipinski definition) is 1. The number of hydrogen-bond acceptors (Lipinski definition) is 4. The minimum Gasteiger partial charge on any atom is -0.497 e. The third kappa shape index (κ3) is 2.63. The second-order valence-corrected chi connectivity index (χ2v) is 4.66. The van der Waals surface area contributed by atoms with Crippen LogP contribution in [0.15, 0.2) is 24.3 Å². The maximum atomic E-state index is 5.47. The summed E-state index contributed by atoms with van der Waals surface area (Å²) in [5.41, 5.74) is 3.10. The van der Waals surface area contributed by atoms with Gasteiger partial charge in [0, 0.05) is 12.6 Å². The van der Waals surface area contributed by atoms with Crippen molar-refractivity contribution in [2.24, 2.45) is 7.05 Å². The number of methoxy groups -OCH3 is 2. The topological polar surface area (TPSA) is 48.3 Å². The van der Waals surface area contributed by atoms with Gasteiger partial charge in [0.1, 0.15) is 11.5 Å². The zero-order valence-electron chi connectivity index (χ0n) is 12.6. The summed E-state index contributed by atoms with van der Waals surface area (Å²) in [6, 6.07) is 7.86. The van der Waals surface area contributed by atoms with E-state index in [0.717, 1.165) is 28.5 Å². The number of benzene rings is 1. The van der Waals surface area contributed by atoms with Crippen molar-refractivity contribution < 1.29 is 9.47 Å². The molecule has 0 fully saturated rings. The van der Waals surface area contributed by atoms with Gasteiger partial charge in [0.15, 0.2) is 0 Å². The molecule has 1 N–H and O–H groups in total. The lowest BCUT2D eigenvalue weighted by atomic mass is 10.0. The van der Waals surface area contributed by atoms with Gasteiger partial charge in [-0.3, -0.25) is 4.68 Å². The molecule has 0 saturated carbocycles. The molecular formula is C15H21N3O2. The van der Waals surface area contributed by atoms with E-state index < -0.39 is 0 Å². The Morgan fingerprint density at radius 3 is 2.45 bits per heavy atom. The van der Waals surface area contributed by atoms with Crippen molar-refractivity contribution in [1.29, 1.82) is 0 Å². The SMILES string of the molecule is CNC(c1cc(OC)ccc1OC)c1cc(C)nn1C. The van der Waals surface area contributed by atoms with Gasteiger partial charge in [-0.2, -0.15) is 5.10 Å². The van der Waals surface area contributed by atoms with Crippen LogP contribution in [-0.2, 0) is 7.05 Å². The minimum absolute atomic E-state index is 0.00810. The van der Waals surface area contributed by atoms with Crippen LogP contribution in [-0.4, -0.2) is 31.0 Å². The van der Waals surface area contributed by atoms with Crippen LogP contribution in [0.3, 0.4) is 0 Å². The van der Waals surface area contributed by atoms with E-state index in [1.807, 2.05) is 43.9 Å². The van der Waals surface area contributed by atoms with Crippen molar-refractivity contribution in [2.75, 3.05) is 21.3 Å². The molecule has 108 valence electrons. The van der Waals surface area contributed by atoms with Crippen molar-refractivity contribution in [3.05, 3.63) is 41.2 Å². The molecule has 2 aromatic rings. The molecule has 0 aliphatic rings. The largest absolute Gasteiger partial charge is 0.497 e. The van der Waals surface area contributed by atoms with E-state index in [4.69, 9.17) is 9.47 Å². The first-order valence-electron chi connectivity index (χ1n) is 6.50. The molecule has 1 aromatic heterocycles. The van der Waals surface area contributed by atoms with Gasteiger partial charge in [0.2, 0.25) is 0 Å². The highest BCUT2D eigenvalue weighted by Crippen LogP contribution is 2.33. The van der Waals surface area contributed by atoms with E-state index >= 15 is 0 Å². The molecule has 0 aliphatic carbocycles. The van der Waals surface area contributed by atoms with Gasteiger partial charge in [0.05, 0.1) is 31.6 Å². The summed E-state index contributed by atoms with van der Waals surface area (Å²) < 4.78 is 12.7. The molecule has 0 bridgehead atoms. The summed E-state index contributed by atoms with van der Waals surface area (Å²) in [5, 5.41) is 7.73. The fourth-order valence-electron chi connectivity index (χ4n) is 2.43. The highest BCUT2D eigenvalue weighted by molar-refractivity contribution is 5.45. The fourth-order valence-corrected chi connectivity index (χ4v) is 2.43. The Kier molecular flexibility index (Phi) is 4.29. The summed E-state index contributed by atoms with van der Waals surface area (Å²) in [6.07, 6.45) is 0. The van der Waals surface area contributed by atoms with E-state index in [-0.39, 0.29) is 6.04 Å². The Balaban J connectivity index is 2.53. The van der Waals surface area contributed by atoms with E-state index in [2.05, 4.69) is 16.5 Å². The standard InChI is InChI=1S/C15H21N3O2/c1-10-8-13(18(3)17-10)15(16-2)12-9-11(19-4)6-7-14(12)20-5/h6-9,15-16H,1-5H3. The van der Waals surface area contributed by atoms with Gasteiger partial charge in [-0.1, -0.05) is 0 Å². The molecular weight excluding hydrogens is 254 g/mol. The van der Waals surface area contributed by atoms with Crippen molar-refractivity contribution in [2.45, 2.75) is 13.0 Å². The first-order chi connectivity index (χ1) is 9.60. The second kappa shape index (κ2) is 5.96. The van der Waals surface area contributed by atoms with Gasteiger partial charge < -0.3 is 14.8 Å². The molecule has 1 heterocycles. The first kappa shape index (κ1) is 14.4. The minimum atomic E-state index is -0.00810. The monoisotopic (exact) mass is 275 g/mol. The van der Waals surface area contributed by atoms with Crippen LogP contribution in [0.2, 0.25) is 0 Å². The predicted octanol–water partition coefficient (Wildman–Crippen LogP) is 2.05. The lowest BCUT2D eigenvalue weighted by Crippen LogP contribution is -2.21. The number of aromatic nitrogens is 2. The Bertz CT molecular complexity index is 593. The molecule has 0 amide bonds. The third-order valence-electron chi connectivity index (χ3n) is 3.37. The van der Waals surface area contributed by atoms with E-state index in [1.54, 1.807) is 14.2 Å². The van der Waals surface area contributed by atoms with Crippen molar-refractivity contribution >= 4 is 0 Å². The van der Waals surface area contributed by atoms with Crippen molar-refractivity contribution in [3.8, 4) is 11.5 Å². The van der Waals surface area contributed by atoms with Crippen LogP contribution < -0.4 is 14.8 Å². The van der Waals surface area contributed by atoms with Crippen molar-refractivity contribution in [3.63, 3.8) is 0 Å². The van der Waals surface area contributed by atoms with Gasteiger partial charge in [-0.15, -0.1) is 0 Å². The van der Waals surface area contributed by atoms with Crippen LogP contribution in [0.1, 0.15) is 23.0 Å². The zero-order valence-corrected chi connectivity index (χ0v) is 12.6. The number of nitrogens with zero attached hydrogens (tertiary/aromatic N) is 2. The van der Waals surface area contributed by atoms with E-state index in [1.165, 1.54) is 0 Å². The summed E-state index contributed by atoms with van der Waals surface area (Å²) in [6.45, 7) is 1.99. The van der Waals surface area contributed by atoms with Crippen LogP contribution in [0.25, 0.3) is 0 Å². The maximum Gasteiger partial charge on any atom is 0.124 e. The normalized spacial score (nSPS) is 12.2. The maximum absolute atomic E-state index is 5.47. The Labute approximate surface area is 119 Å². The third-order valence-corrected chi connectivity index (χ3v) is 3.37. The van der Waals surface area contributed by atoms with Crippen molar-refractivity contribution in [1.82, 2.24) is 15.1 Å². The molecule has 20 heavy (non-hydrogen) atoms. The Morgan fingerprint density at radius 1 is 1.20 bits per heavy atom. The quantitative estimate of drug-likeness (QED) is 0.907. The van der Waals surface area contributed by atoms with Gasteiger partial charge in [-0.05, 0) is 38.2 Å². The van der Waals surface area contributed by atoms with Gasteiger partial charge in [0.25, 0.3) is 0 Å². The zero-order chi connectivity index (χ0) is 14.7. The molecule has 0 radical (unpaired) electrons. The lowest BCUT2D eigenvalue weighted by molar-refractivity contribution is 0.394. The van der Waals surface area contributed by atoms with E-state index in [9.17, 15) is 0 Å². The molecule has 1 aromatic carbocycles. The van der Waals surface area contributed by atoms with E-state index in [0.29, 0.717) is 0 Å². The summed E-state index contributed by atoms with van der Waals surface area (Å²) >= 11 is 0. The van der Waals surface area contributed by atoms with Crippen LogP contribution in [0.4, 0.5) is 0 Å². The average Bonchev–Trinajstić information content (AvgIpc) is 2.78. The average molecular weight is 275 g/mol. The summed E-state index contributed by atoms with van der Waals surface area (Å²) in [5.74, 6) is 1.63. The highest BCUT2D eigenvalue weighted by atomic mass is 16.5. The number of ether oxygens (including phenoxy) is 2. The number of nitrogens with one attached hydrogen (secondary N) is 1. The molecule has 5 nitrogen and oxygen atoms in total. The lowest BCUT2D eigenvalue weighted by Gasteiger charge is -2.20. The molecule has 1 unspecified atom stereocenters. The molecule has 0 aliphatic heterocycles. The summed E-state index contributed by atoms with van der Waals surface area (Å²) in [7, 11) is 7.20. The fraction of sp³-hybridized carbons (Fsp3) is 0.400. The Hall–Kier alpha value is -2.01. The summed E-state index contributed by atoms with van der Waals surface area (Å²) in [4.78, 5) is 0. The van der Waals surface area contributed by atoms with Gasteiger partial charge in [-0.25, -0.2) is 0 Å². The van der Waals surface area contributed by atoms with Gasteiger partial charge >= 0.3 is 0 Å². The van der Waals surface area contributed by atoms with Crippen LogP contribution in [0, 0.1) is 6.92 Å². The first-order valence-corrected chi connectivity index (χ1v) is 6.50. The molecule has 2 rings (SSSR count). The highest BCUT2D eigenvalue weighted by Gasteiger charge is 2.21. The molecule has 5 heteroatoms. The number of rotatable bonds is 5. The number of aryl methyl sites for hydroxylation is 2. The Morgan fingerprint density at radius 2 is 1.95 bits per heavy atom. The predicted molar refractivity (Wildman–Crippen MR) is 78.4 cm³/mol. The molecule has 0 spiro atoms. The molecule has 0 saturated heterocycles. The smallest absolute Gasteiger partial charge is 0.124 e. The molecule has 1 atom stereocenters. The van der Waals surface area contributed by atoms with Crippen LogP contribution >= 0.6 is 0 Å².